The van der Waals surface area contributed by atoms with Crippen molar-refractivity contribution in [1.82, 2.24) is 4.90 Å². The lowest BCUT2D eigenvalue weighted by Crippen LogP contribution is -2.72. The van der Waals surface area contributed by atoms with Gasteiger partial charge in [-0.2, -0.15) is 0 Å². The Kier molecular flexibility index (Phi) is 1.95. The number of piperidine rings is 2. The van der Waals surface area contributed by atoms with E-state index in [-0.39, 0.29) is 28.9 Å². The number of fused-ring (bicyclic) bond motifs is 1. The Morgan fingerprint density at radius 2 is 1.96 bits per heavy atom. The first-order valence-electron chi connectivity index (χ1n) is 9.88. The Labute approximate surface area is 142 Å². The first kappa shape index (κ1) is 13.7. The summed E-state index contributed by atoms with van der Waals surface area (Å²) in [5.74, 6) is 1.42. The first-order valence-corrected chi connectivity index (χ1v) is 9.88. The molecule has 130 valence electrons. The third kappa shape index (κ3) is 0.903. The van der Waals surface area contributed by atoms with Gasteiger partial charge in [-0.1, -0.05) is 13.5 Å². The minimum atomic E-state index is -0.569. The van der Waals surface area contributed by atoms with Gasteiger partial charge in [0.1, 0.15) is 0 Å². The molecule has 6 aliphatic carbocycles. The quantitative estimate of drug-likeness (QED) is 0.574. The average Bonchev–Trinajstić information content (AvgIpc) is 3.03. The maximum absolute atomic E-state index is 11.6. The van der Waals surface area contributed by atoms with E-state index in [0.717, 1.165) is 37.8 Å². The van der Waals surface area contributed by atoms with Crippen LogP contribution in [0.5, 0.6) is 0 Å². The smallest absolute Gasteiger partial charge is 0.0837 e. The molecule has 0 aromatic heterocycles. The van der Waals surface area contributed by atoms with E-state index in [1.165, 1.54) is 0 Å². The molecule has 9 rings (SSSR count). The number of rotatable bonds is 0. The van der Waals surface area contributed by atoms with Gasteiger partial charge in [-0.15, -0.1) is 0 Å². The molecule has 9 fully saturated rings. The highest BCUT2D eigenvalue weighted by Gasteiger charge is 2.92. The van der Waals surface area contributed by atoms with E-state index >= 15 is 0 Å². The van der Waals surface area contributed by atoms with Crippen LogP contribution in [0.3, 0.4) is 0 Å². The van der Waals surface area contributed by atoms with Crippen LogP contribution in [0.4, 0.5) is 0 Å². The summed E-state index contributed by atoms with van der Waals surface area (Å²) in [5.41, 5.74) is 0.714. The molecule has 13 atom stereocenters. The summed E-state index contributed by atoms with van der Waals surface area (Å²) < 4.78 is 0. The largest absolute Gasteiger partial charge is 0.392 e. The maximum Gasteiger partial charge on any atom is 0.0837 e. The van der Waals surface area contributed by atoms with Crippen LogP contribution in [-0.2, 0) is 0 Å². The topological polar surface area (TPSA) is 63.9 Å². The molecular weight excluding hydrogens is 302 g/mol. The second kappa shape index (κ2) is 3.40. The van der Waals surface area contributed by atoms with Gasteiger partial charge in [0.15, 0.2) is 0 Å². The molecule has 3 aliphatic heterocycles. The van der Waals surface area contributed by atoms with Gasteiger partial charge in [0, 0.05) is 29.5 Å². The highest BCUT2D eigenvalue weighted by Crippen LogP contribution is 2.86. The molecule has 9 bridgehead atoms. The third-order valence-electron chi connectivity index (χ3n) is 10.5. The van der Waals surface area contributed by atoms with Gasteiger partial charge in [0.05, 0.1) is 18.3 Å². The van der Waals surface area contributed by atoms with E-state index in [0.29, 0.717) is 23.8 Å². The fourth-order valence-electron chi connectivity index (χ4n) is 10.3. The molecule has 2 spiro atoms. The normalized spacial score (nSPS) is 76.1. The zero-order chi connectivity index (χ0) is 16.4. The molecule has 4 nitrogen and oxygen atoms in total. The third-order valence-corrected chi connectivity index (χ3v) is 10.5. The van der Waals surface area contributed by atoms with Crippen LogP contribution < -0.4 is 0 Å². The average molecular weight is 329 g/mol. The second-order valence-corrected chi connectivity index (χ2v) is 10.5. The van der Waals surface area contributed by atoms with Gasteiger partial charge in [0.2, 0.25) is 0 Å². The number of nitrogens with zero attached hydrogens (tertiary/aromatic N) is 1. The molecule has 9 aliphatic rings. The van der Waals surface area contributed by atoms with Crippen LogP contribution in [0.15, 0.2) is 12.2 Å². The van der Waals surface area contributed by atoms with Crippen molar-refractivity contribution in [2.75, 3.05) is 6.54 Å². The highest BCUT2D eigenvalue weighted by atomic mass is 16.3. The number of aliphatic hydroxyl groups excluding tert-OH is 3. The Bertz CT molecular complexity index is 709. The van der Waals surface area contributed by atoms with E-state index in [4.69, 9.17) is 0 Å². The van der Waals surface area contributed by atoms with Crippen LogP contribution in [-0.4, -0.2) is 57.2 Å². The van der Waals surface area contributed by atoms with Crippen molar-refractivity contribution in [1.29, 1.82) is 0 Å². The monoisotopic (exact) mass is 329 g/mol. The van der Waals surface area contributed by atoms with Crippen molar-refractivity contribution in [3.63, 3.8) is 0 Å². The van der Waals surface area contributed by atoms with E-state index in [1.54, 1.807) is 0 Å². The van der Waals surface area contributed by atoms with E-state index < -0.39 is 17.6 Å². The standard InChI is InChI=1S/C20H27NO3/c1-8-9-5-10-15-20-11(6-9)19(10,16(8)23)17(24)13-14(20)18(2,7-21(13)15)4-3-12(20)22/h9-17,22-24H,1,3-7H2,2H3/t9-,10+,11+,12+,13+,14+,15+,16+,17-,18+,19-,20-/m0/s1. The molecule has 24 heavy (non-hydrogen) atoms. The zero-order valence-electron chi connectivity index (χ0n) is 14.2. The Balaban J connectivity index is 1.57. The van der Waals surface area contributed by atoms with Crippen LogP contribution >= 0.6 is 0 Å². The fraction of sp³-hybridized carbons (Fsp3) is 0.900. The van der Waals surface area contributed by atoms with Crippen molar-refractivity contribution in [2.45, 2.75) is 63.0 Å². The molecule has 4 heteroatoms. The van der Waals surface area contributed by atoms with Crippen LogP contribution in [0.25, 0.3) is 0 Å². The summed E-state index contributed by atoms with van der Waals surface area (Å²) >= 11 is 0. The zero-order valence-corrected chi connectivity index (χ0v) is 14.2. The lowest BCUT2D eigenvalue weighted by Gasteiger charge is -2.66. The Hall–Kier alpha value is -0.420. The van der Waals surface area contributed by atoms with Gasteiger partial charge in [0.25, 0.3) is 0 Å². The summed E-state index contributed by atoms with van der Waals surface area (Å²) in [4.78, 5) is 2.60. The van der Waals surface area contributed by atoms with Gasteiger partial charge >= 0.3 is 0 Å². The Morgan fingerprint density at radius 1 is 1.17 bits per heavy atom. The van der Waals surface area contributed by atoms with Crippen LogP contribution in [0.2, 0.25) is 0 Å². The predicted molar refractivity (Wildman–Crippen MR) is 86.8 cm³/mol. The number of aliphatic hydroxyl groups is 3. The summed E-state index contributed by atoms with van der Waals surface area (Å²) in [5, 5.41) is 34.1. The minimum absolute atomic E-state index is 0.0732. The number of hydrogen-bond donors (Lipinski definition) is 3. The lowest BCUT2D eigenvalue weighted by molar-refractivity contribution is -0.240. The van der Waals surface area contributed by atoms with Crippen LogP contribution in [0, 0.1) is 39.9 Å². The van der Waals surface area contributed by atoms with E-state index in [2.05, 4.69) is 18.4 Å². The molecule has 0 aromatic carbocycles. The molecule has 0 radical (unpaired) electrons. The van der Waals surface area contributed by atoms with Crippen molar-refractivity contribution in [3.05, 3.63) is 12.2 Å². The molecule has 3 heterocycles. The van der Waals surface area contributed by atoms with Crippen LogP contribution in [0.1, 0.15) is 32.6 Å². The predicted octanol–water partition coefficient (Wildman–Crippen LogP) is 0.764. The summed E-state index contributed by atoms with van der Waals surface area (Å²) in [6.07, 6.45) is 2.80. The van der Waals surface area contributed by atoms with Gasteiger partial charge in [-0.25, -0.2) is 0 Å². The SMILES string of the molecule is C=C1[C@@H]2C[C@@H]3[C@]4([C@@H]1O)[C@H](C2)[C@H]1N2C[C@@]5(C)CC[C@@H](O)[C@]31[C@@H]5[C@@H]2[C@@H]4O. The molecule has 6 saturated carbocycles. The maximum atomic E-state index is 11.6. The molecule has 0 aromatic rings. The van der Waals surface area contributed by atoms with Gasteiger partial charge in [-0.05, 0) is 60.3 Å². The molecule has 3 saturated heterocycles. The second-order valence-electron chi connectivity index (χ2n) is 10.5. The van der Waals surface area contributed by atoms with E-state index in [1.807, 2.05) is 0 Å². The summed E-state index contributed by atoms with van der Waals surface area (Å²) in [6.45, 7) is 7.70. The number of hydrogen-bond acceptors (Lipinski definition) is 4. The van der Waals surface area contributed by atoms with Gasteiger partial charge in [-0.3, -0.25) is 4.90 Å². The van der Waals surface area contributed by atoms with E-state index in [9.17, 15) is 15.3 Å². The van der Waals surface area contributed by atoms with Crippen molar-refractivity contribution in [3.8, 4) is 0 Å². The summed E-state index contributed by atoms with van der Waals surface area (Å²) in [6, 6.07) is 0.538. The van der Waals surface area contributed by atoms with Crippen molar-refractivity contribution >= 4 is 0 Å². The lowest BCUT2D eigenvalue weighted by atomic mass is 9.39. The molecule has 0 amide bonds. The van der Waals surface area contributed by atoms with Crippen molar-refractivity contribution in [2.24, 2.45) is 39.9 Å². The minimum Gasteiger partial charge on any atom is -0.392 e. The first-order chi connectivity index (χ1) is 11.4. The molecular formula is C20H27NO3. The van der Waals surface area contributed by atoms with Crippen molar-refractivity contribution < 1.29 is 15.3 Å². The Morgan fingerprint density at radius 3 is 2.75 bits per heavy atom. The molecule has 1 unspecified atom stereocenters. The van der Waals surface area contributed by atoms with Gasteiger partial charge < -0.3 is 15.3 Å². The molecule has 3 N–H and O–H groups in total. The highest BCUT2D eigenvalue weighted by molar-refractivity contribution is 5.45. The fourth-order valence-corrected chi connectivity index (χ4v) is 10.3. The summed E-state index contributed by atoms with van der Waals surface area (Å²) in [7, 11) is 0.